The minimum Gasteiger partial charge on any atom is -0.494 e. The van der Waals surface area contributed by atoms with Crippen molar-refractivity contribution in [3.8, 4) is 59.2 Å². The molecule has 0 heterocycles. The average Bonchev–Trinajstić information content (AvgIpc) is 3.06. The number of terminal acetylenes is 2. The number of unbranched alkanes of at least 4 members (excludes halogenated alkanes) is 14. The van der Waals surface area contributed by atoms with Crippen LogP contribution in [0.4, 0.5) is 4.39 Å². The van der Waals surface area contributed by atoms with E-state index in [9.17, 15) is 0 Å². The van der Waals surface area contributed by atoms with Gasteiger partial charge in [0.05, 0.1) is 13.2 Å². The lowest BCUT2D eigenvalue weighted by molar-refractivity contribution is 0.304. The van der Waals surface area contributed by atoms with Crippen LogP contribution < -0.4 is 9.47 Å². The van der Waals surface area contributed by atoms with Gasteiger partial charge in [0.2, 0.25) is 0 Å². The fraction of sp³-hybridized carbons (Fsp3) is 0.429. The van der Waals surface area contributed by atoms with E-state index >= 15 is 4.39 Å². The third-order valence-corrected chi connectivity index (χ3v) is 7.81. The molecule has 0 atom stereocenters. The quantitative estimate of drug-likeness (QED) is 0.0889. The van der Waals surface area contributed by atoms with Crippen LogP contribution in [0.1, 0.15) is 114 Å². The van der Waals surface area contributed by atoms with Gasteiger partial charge < -0.3 is 9.47 Å². The van der Waals surface area contributed by atoms with Gasteiger partial charge in [-0.05, 0) is 79.8 Å². The van der Waals surface area contributed by atoms with E-state index in [1.165, 1.54) is 70.3 Å². The van der Waals surface area contributed by atoms with Gasteiger partial charge >= 0.3 is 0 Å². The van der Waals surface area contributed by atoms with Gasteiger partial charge in [-0.3, -0.25) is 0 Å². The Balaban J connectivity index is 1.35. The van der Waals surface area contributed by atoms with Crippen LogP contribution in [0.15, 0.2) is 66.7 Å². The first-order chi connectivity index (χ1) is 22.2. The molecule has 0 radical (unpaired) electrons. The Labute approximate surface area is 272 Å². The van der Waals surface area contributed by atoms with Gasteiger partial charge in [0.1, 0.15) is 17.3 Å². The highest BCUT2D eigenvalue weighted by atomic mass is 19.1. The lowest BCUT2D eigenvalue weighted by Gasteiger charge is -2.08. The molecule has 45 heavy (non-hydrogen) atoms. The summed E-state index contributed by atoms with van der Waals surface area (Å²) in [5.74, 6) is 13.0. The van der Waals surface area contributed by atoms with Crippen molar-refractivity contribution in [1.29, 1.82) is 0 Å². The molecule has 0 N–H and O–H groups in total. The summed E-state index contributed by atoms with van der Waals surface area (Å²) in [5.41, 5.74) is 2.87. The van der Waals surface area contributed by atoms with Gasteiger partial charge in [0.25, 0.3) is 0 Å². The minimum atomic E-state index is -0.289. The van der Waals surface area contributed by atoms with Gasteiger partial charge in [0.15, 0.2) is 0 Å². The van der Waals surface area contributed by atoms with Crippen LogP contribution in [0.3, 0.4) is 0 Å². The Morgan fingerprint density at radius 1 is 0.489 bits per heavy atom. The number of benzene rings is 3. The lowest BCUT2D eigenvalue weighted by Crippen LogP contribution is -1.97. The molecule has 0 spiro atoms. The molecule has 3 aromatic rings. The maximum atomic E-state index is 15.0. The Kier molecular flexibility index (Phi) is 17.6. The van der Waals surface area contributed by atoms with Crippen molar-refractivity contribution in [3.63, 3.8) is 0 Å². The highest BCUT2D eigenvalue weighted by molar-refractivity contribution is 5.66. The highest BCUT2D eigenvalue weighted by Gasteiger charge is 2.06. The summed E-state index contributed by atoms with van der Waals surface area (Å²) < 4.78 is 26.8. The molecule has 0 aliphatic rings. The maximum absolute atomic E-state index is 15.0. The molecular formula is C42H49FO2. The Morgan fingerprint density at radius 3 is 1.40 bits per heavy atom. The smallest absolute Gasteiger partial charge is 0.132 e. The second kappa shape index (κ2) is 22.4. The number of hydrogen-bond donors (Lipinski definition) is 0. The Hall–Kier alpha value is -4.13. The zero-order valence-corrected chi connectivity index (χ0v) is 26.9. The predicted octanol–water partition coefficient (Wildman–Crippen LogP) is 11.2. The third kappa shape index (κ3) is 14.9. The number of halogens is 1. The molecule has 0 aromatic heterocycles. The predicted molar refractivity (Wildman–Crippen MR) is 187 cm³/mol. The summed E-state index contributed by atoms with van der Waals surface area (Å²) in [7, 11) is 0. The van der Waals surface area contributed by atoms with Crippen molar-refractivity contribution < 1.29 is 13.9 Å². The molecule has 3 heteroatoms. The second-order valence-electron chi connectivity index (χ2n) is 11.5. The molecule has 0 saturated heterocycles. The molecule has 236 valence electrons. The molecule has 0 unspecified atom stereocenters. The van der Waals surface area contributed by atoms with E-state index in [4.69, 9.17) is 22.3 Å². The maximum Gasteiger partial charge on any atom is 0.132 e. The van der Waals surface area contributed by atoms with Crippen LogP contribution in [-0.4, -0.2) is 13.2 Å². The van der Waals surface area contributed by atoms with Crippen molar-refractivity contribution in [1.82, 2.24) is 0 Å². The van der Waals surface area contributed by atoms with Gasteiger partial charge in [0, 0.05) is 29.5 Å². The van der Waals surface area contributed by atoms with Crippen molar-refractivity contribution in [2.24, 2.45) is 0 Å². The second-order valence-corrected chi connectivity index (χ2v) is 11.5. The first-order valence-corrected chi connectivity index (χ1v) is 16.8. The average molecular weight is 605 g/mol. The number of rotatable bonds is 21. The Morgan fingerprint density at radius 2 is 0.911 bits per heavy atom. The molecule has 3 rings (SSSR count). The van der Waals surface area contributed by atoms with Crippen molar-refractivity contribution >= 4 is 0 Å². The van der Waals surface area contributed by atoms with E-state index < -0.39 is 0 Å². The number of hydrogen-bond acceptors (Lipinski definition) is 2. The highest BCUT2D eigenvalue weighted by Crippen LogP contribution is 2.26. The van der Waals surface area contributed by atoms with Crippen molar-refractivity contribution in [2.75, 3.05) is 13.2 Å². The molecular weight excluding hydrogens is 555 g/mol. The minimum absolute atomic E-state index is 0.289. The van der Waals surface area contributed by atoms with Crippen LogP contribution in [0.25, 0.3) is 11.1 Å². The lowest BCUT2D eigenvalue weighted by atomic mass is 10.0. The molecule has 0 aliphatic carbocycles. The molecule has 0 saturated carbocycles. The summed E-state index contributed by atoms with van der Waals surface area (Å²) >= 11 is 0. The van der Waals surface area contributed by atoms with Crippen molar-refractivity contribution in [3.05, 3.63) is 83.7 Å². The van der Waals surface area contributed by atoms with Crippen LogP contribution in [0.5, 0.6) is 11.5 Å². The van der Waals surface area contributed by atoms with Gasteiger partial charge in [-0.25, -0.2) is 4.39 Å². The fourth-order valence-corrected chi connectivity index (χ4v) is 5.14. The Bertz CT molecular complexity index is 1380. The largest absolute Gasteiger partial charge is 0.494 e. The van der Waals surface area contributed by atoms with E-state index in [0.29, 0.717) is 17.7 Å². The summed E-state index contributed by atoms with van der Waals surface area (Å²) in [6.45, 7) is 1.42. The summed E-state index contributed by atoms with van der Waals surface area (Å²) in [6.07, 6.45) is 29.1. The third-order valence-electron chi connectivity index (χ3n) is 7.81. The zero-order chi connectivity index (χ0) is 31.8. The SMILES string of the molecule is C#CCCCCCCCCCOc1ccc(C#Cc2ccc(-c3ccc(OCCCCCCCCCC#C)cc3)c(F)c2)cc1. The normalized spacial score (nSPS) is 10.4. The molecule has 3 aromatic carbocycles. The summed E-state index contributed by atoms with van der Waals surface area (Å²) in [4.78, 5) is 0. The molecule has 0 aliphatic heterocycles. The van der Waals surface area contributed by atoms with Crippen LogP contribution >= 0.6 is 0 Å². The van der Waals surface area contributed by atoms with Crippen LogP contribution in [-0.2, 0) is 0 Å². The fourth-order valence-electron chi connectivity index (χ4n) is 5.14. The summed E-state index contributed by atoms with van der Waals surface area (Å²) in [6, 6.07) is 20.5. The molecule has 2 nitrogen and oxygen atoms in total. The van der Waals surface area contributed by atoms with Gasteiger partial charge in [-0.2, -0.15) is 0 Å². The first kappa shape index (κ1) is 35.4. The summed E-state index contributed by atoms with van der Waals surface area (Å²) in [5, 5.41) is 0. The molecule has 0 fully saturated rings. The van der Waals surface area contributed by atoms with Gasteiger partial charge in [-0.15, -0.1) is 24.7 Å². The molecule has 0 amide bonds. The van der Waals surface area contributed by atoms with Crippen LogP contribution in [0.2, 0.25) is 0 Å². The molecule has 0 bridgehead atoms. The van der Waals surface area contributed by atoms with Crippen molar-refractivity contribution in [2.45, 2.75) is 103 Å². The van der Waals surface area contributed by atoms with Gasteiger partial charge in [-0.1, -0.05) is 94.2 Å². The standard InChI is InChI=1S/C42H49FO2/c1-3-5-7-9-11-13-15-17-19-33-44-39-28-23-36(24-29-39)21-22-37-25-32-41(42(43)35-37)38-26-30-40(31-27-38)45-34-20-18-16-14-12-10-8-6-4-2/h1-2,23-32,35H,5-20,33-34H2. The van der Waals surface area contributed by atoms with E-state index in [-0.39, 0.29) is 5.82 Å². The van der Waals surface area contributed by atoms with E-state index in [1.807, 2.05) is 54.6 Å². The first-order valence-electron chi connectivity index (χ1n) is 16.8. The monoisotopic (exact) mass is 604 g/mol. The topological polar surface area (TPSA) is 18.5 Å². The van der Waals surface area contributed by atoms with E-state index in [1.54, 1.807) is 6.07 Å². The van der Waals surface area contributed by atoms with Crippen LogP contribution in [0, 0.1) is 42.3 Å². The zero-order valence-electron chi connectivity index (χ0n) is 26.9. The van der Waals surface area contributed by atoms with E-state index in [2.05, 4.69) is 23.7 Å². The van der Waals surface area contributed by atoms with E-state index in [0.717, 1.165) is 67.8 Å². The number of ether oxygens (including phenoxy) is 2.